The SMILES string of the molecule is Cn1c(Nc2c(Cl)cccc2Cl)nc2ccc3cc(-c4ccccc4)[nH]c(=O)c3c21. The lowest BCUT2D eigenvalue weighted by atomic mass is 10.1. The summed E-state index contributed by atoms with van der Waals surface area (Å²) in [5.74, 6) is 0.541. The zero-order valence-electron chi connectivity index (χ0n) is 15.9. The quantitative estimate of drug-likeness (QED) is 0.358. The Kier molecular flexibility index (Phi) is 4.50. The molecule has 2 N–H and O–H groups in total. The maximum atomic E-state index is 13.1. The Balaban J connectivity index is 1.70. The van der Waals surface area contributed by atoms with Crippen LogP contribution in [0.1, 0.15) is 0 Å². The molecule has 0 spiro atoms. The zero-order chi connectivity index (χ0) is 20.8. The number of nitrogens with zero attached hydrogens (tertiary/aromatic N) is 2. The van der Waals surface area contributed by atoms with E-state index in [4.69, 9.17) is 23.2 Å². The first-order valence-electron chi connectivity index (χ1n) is 9.32. The second kappa shape index (κ2) is 7.20. The van der Waals surface area contributed by atoms with Crippen molar-refractivity contribution in [3.05, 3.63) is 87.1 Å². The van der Waals surface area contributed by atoms with Crippen molar-refractivity contribution >= 4 is 56.6 Å². The highest BCUT2D eigenvalue weighted by Gasteiger charge is 2.16. The molecule has 0 aliphatic carbocycles. The highest BCUT2D eigenvalue weighted by Crippen LogP contribution is 2.34. The van der Waals surface area contributed by atoms with Gasteiger partial charge in [-0.15, -0.1) is 0 Å². The van der Waals surface area contributed by atoms with Crippen molar-refractivity contribution in [1.29, 1.82) is 0 Å². The van der Waals surface area contributed by atoms with E-state index in [1.807, 2.05) is 60.1 Å². The lowest BCUT2D eigenvalue weighted by molar-refractivity contribution is 0.960. The average Bonchev–Trinajstić information content (AvgIpc) is 3.07. The van der Waals surface area contributed by atoms with E-state index in [1.165, 1.54) is 0 Å². The summed E-state index contributed by atoms with van der Waals surface area (Å²) in [7, 11) is 1.85. The molecule has 5 rings (SSSR count). The van der Waals surface area contributed by atoms with Crippen LogP contribution < -0.4 is 10.9 Å². The van der Waals surface area contributed by atoms with E-state index >= 15 is 0 Å². The number of nitrogens with one attached hydrogen (secondary N) is 2. The third-order valence-corrected chi connectivity index (χ3v) is 5.76. The van der Waals surface area contributed by atoms with E-state index in [0.29, 0.717) is 32.6 Å². The Morgan fingerprint density at radius 3 is 2.43 bits per heavy atom. The lowest BCUT2D eigenvalue weighted by Gasteiger charge is -2.10. The standard InChI is InChI=1S/C23H16Cl2N4O/c1-29-21-17(27-23(29)28-20-15(24)8-5-9-16(20)25)11-10-14-12-18(26-22(30)19(14)21)13-6-3-2-4-7-13/h2-12H,1H3,(H,26,30)(H,27,28). The summed E-state index contributed by atoms with van der Waals surface area (Å²) in [6.45, 7) is 0. The van der Waals surface area contributed by atoms with E-state index in [2.05, 4.69) is 15.3 Å². The molecule has 2 heterocycles. The summed E-state index contributed by atoms with van der Waals surface area (Å²) < 4.78 is 1.84. The molecule has 5 nitrogen and oxygen atoms in total. The van der Waals surface area contributed by atoms with Crippen LogP contribution in [0.4, 0.5) is 11.6 Å². The molecule has 7 heteroatoms. The number of pyridine rings is 1. The fourth-order valence-corrected chi connectivity index (χ4v) is 4.16. The van der Waals surface area contributed by atoms with Crippen LogP contribution >= 0.6 is 23.2 Å². The molecule has 3 aromatic carbocycles. The molecule has 5 aromatic rings. The number of aromatic amines is 1. The molecule has 0 aliphatic rings. The monoisotopic (exact) mass is 434 g/mol. The Hall–Kier alpha value is -3.28. The number of para-hydroxylation sites is 1. The Labute approximate surface area is 181 Å². The number of fused-ring (bicyclic) bond motifs is 3. The highest BCUT2D eigenvalue weighted by atomic mass is 35.5. The molecule has 0 saturated carbocycles. The van der Waals surface area contributed by atoms with Crippen LogP contribution in [-0.2, 0) is 7.05 Å². The van der Waals surface area contributed by atoms with Crippen LogP contribution in [0, 0.1) is 0 Å². The van der Waals surface area contributed by atoms with Crippen LogP contribution in [0.3, 0.4) is 0 Å². The van der Waals surface area contributed by atoms with E-state index in [1.54, 1.807) is 18.2 Å². The lowest BCUT2D eigenvalue weighted by Crippen LogP contribution is -2.09. The third-order valence-electron chi connectivity index (χ3n) is 5.13. The maximum absolute atomic E-state index is 13.1. The highest BCUT2D eigenvalue weighted by molar-refractivity contribution is 6.39. The zero-order valence-corrected chi connectivity index (χ0v) is 17.4. The first kappa shape index (κ1) is 18.7. The average molecular weight is 435 g/mol. The van der Waals surface area contributed by atoms with Crippen molar-refractivity contribution in [3.63, 3.8) is 0 Å². The van der Waals surface area contributed by atoms with Gasteiger partial charge in [0.25, 0.3) is 5.56 Å². The smallest absolute Gasteiger partial charge is 0.258 e. The maximum Gasteiger partial charge on any atom is 0.258 e. The van der Waals surface area contributed by atoms with Crippen LogP contribution in [-0.4, -0.2) is 14.5 Å². The van der Waals surface area contributed by atoms with Gasteiger partial charge in [0, 0.05) is 12.7 Å². The van der Waals surface area contributed by atoms with Crippen molar-refractivity contribution in [2.45, 2.75) is 0 Å². The second-order valence-corrected chi connectivity index (χ2v) is 7.81. The minimum Gasteiger partial charge on any atom is -0.323 e. The molecule has 0 unspecified atom stereocenters. The van der Waals surface area contributed by atoms with Gasteiger partial charge in [0.1, 0.15) is 0 Å². The molecule has 0 aliphatic heterocycles. The van der Waals surface area contributed by atoms with Crippen molar-refractivity contribution in [2.24, 2.45) is 7.05 Å². The molecule has 2 aromatic heterocycles. The number of hydrogen-bond acceptors (Lipinski definition) is 3. The molecular formula is C23H16Cl2N4O. The van der Waals surface area contributed by atoms with Crippen LogP contribution in [0.25, 0.3) is 33.1 Å². The van der Waals surface area contributed by atoms with Crippen LogP contribution in [0.5, 0.6) is 0 Å². The predicted octanol–water partition coefficient (Wildman–Crippen LogP) is 6.13. The van der Waals surface area contributed by atoms with Crippen molar-refractivity contribution in [1.82, 2.24) is 14.5 Å². The van der Waals surface area contributed by atoms with Gasteiger partial charge in [0.15, 0.2) is 0 Å². The van der Waals surface area contributed by atoms with Crippen LogP contribution in [0.2, 0.25) is 10.0 Å². The molecule has 0 atom stereocenters. The first-order chi connectivity index (χ1) is 14.5. The topological polar surface area (TPSA) is 62.7 Å². The normalized spacial score (nSPS) is 11.3. The summed E-state index contributed by atoms with van der Waals surface area (Å²) in [4.78, 5) is 20.7. The van der Waals surface area contributed by atoms with E-state index in [9.17, 15) is 4.79 Å². The van der Waals surface area contributed by atoms with Gasteiger partial charge in [-0.2, -0.15) is 0 Å². The third kappa shape index (κ3) is 3.03. The summed E-state index contributed by atoms with van der Waals surface area (Å²) >= 11 is 12.6. The van der Waals surface area contributed by atoms with Crippen molar-refractivity contribution < 1.29 is 0 Å². The number of hydrogen-bond donors (Lipinski definition) is 2. The number of H-pyrrole nitrogens is 1. The summed E-state index contributed by atoms with van der Waals surface area (Å²) in [6.07, 6.45) is 0. The van der Waals surface area contributed by atoms with Gasteiger partial charge in [-0.05, 0) is 35.2 Å². The molecule has 148 valence electrons. The van der Waals surface area contributed by atoms with Gasteiger partial charge in [-0.3, -0.25) is 4.79 Å². The predicted molar refractivity (Wildman–Crippen MR) is 124 cm³/mol. The number of benzene rings is 3. The number of imidazole rings is 1. The number of halogens is 2. The molecule has 30 heavy (non-hydrogen) atoms. The van der Waals surface area contributed by atoms with Gasteiger partial charge >= 0.3 is 0 Å². The molecule has 0 radical (unpaired) electrons. The number of aryl methyl sites for hydroxylation is 1. The molecule has 0 fully saturated rings. The largest absolute Gasteiger partial charge is 0.323 e. The second-order valence-electron chi connectivity index (χ2n) is 6.99. The molecule has 0 bridgehead atoms. The molecular weight excluding hydrogens is 419 g/mol. The number of anilines is 2. The van der Waals surface area contributed by atoms with E-state index < -0.39 is 0 Å². The minimum atomic E-state index is -0.165. The Morgan fingerprint density at radius 1 is 0.967 bits per heavy atom. The van der Waals surface area contributed by atoms with Gasteiger partial charge in [-0.1, -0.05) is 65.7 Å². The van der Waals surface area contributed by atoms with Gasteiger partial charge in [-0.25, -0.2) is 4.98 Å². The molecule has 0 saturated heterocycles. The number of aromatic nitrogens is 3. The van der Waals surface area contributed by atoms with E-state index in [-0.39, 0.29) is 5.56 Å². The van der Waals surface area contributed by atoms with E-state index in [0.717, 1.165) is 22.2 Å². The Bertz CT molecular complexity index is 1450. The summed E-state index contributed by atoms with van der Waals surface area (Å²) in [6, 6.07) is 20.9. The van der Waals surface area contributed by atoms with Gasteiger partial charge in [0.2, 0.25) is 5.95 Å². The number of rotatable bonds is 3. The van der Waals surface area contributed by atoms with Gasteiger partial charge in [0.05, 0.1) is 32.2 Å². The summed E-state index contributed by atoms with van der Waals surface area (Å²) in [5.41, 5.74) is 3.58. The Morgan fingerprint density at radius 2 is 1.70 bits per heavy atom. The summed E-state index contributed by atoms with van der Waals surface area (Å²) in [5, 5.41) is 5.60. The molecule has 0 amide bonds. The van der Waals surface area contributed by atoms with Crippen molar-refractivity contribution in [2.75, 3.05) is 5.32 Å². The van der Waals surface area contributed by atoms with Crippen molar-refractivity contribution in [3.8, 4) is 11.3 Å². The van der Waals surface area contributed by atoms with Gasteiger partial charge < -0.3 is 14.9 Å². The fourth-order valence-electron chi connectivity index (χ4n) is 3.67. The first-order valence-corrected chi connectivity index (χ1v) is 10.1. The van der Waals surface area contributed by atoms with Crippen LogP contribution in [0.15, 0.2) is 71.5 Å². The minimum absolute atomic E-state index is 0.165. The fraction of sp³-hybridized carbons (Fsp3) is 0.0435.